The molecule has 260 valence electrons. The van der Waals surface area contributed by atoms with Gasteiger partial charge in [-0.3, -0.25) is 9.59 Å². The summed E-state index contributed by atoms with van der Waals surface area (Å²) in [6.45, 7) is 19.0. The van der Waals surface area contributed by atoms with Gasteiger partial charge in [-0.25, -0.2) is 0 Å². The van der Waals surface area contributed by atoms with Gasteiger partial charge in [0, 0.05) is 22.6 Å². The monoisotopic (exact) mass is 654 g/mol. The molecule has 1 aromatic carbocycles. The summed E-state index contributed by atoms with van der Waals surface area (Å²) >= 11 is 0. The minimum Gasteiger partial charge on any atom is -0.393 e. The maximum absolute atomic E-state index is 14.0. The van der Waals surface area contributed by atoms with E-state index in [0.717, 1.165) is 44.1 Å². The summed E-state index contributed by atoms with van der Waals surface area (Å²) in [5.74, 6) is 2.34. The molecule has 7 rings (SSSR count). The van der Waals surface area contributed by atoms with Gasteiger partial charge in [-0.15, -0.1) is 0 Å². The molecule has 0 saturated heterocycles. The third-order valence-corrected chi connectivity index (χ3v) is 15.9. The number of carbonyl (C=O) groups excluding carboxylic acids is 2. The lowest BCUT2D eigenvalue weighted by Crippen LogP contribution is -2.64. The molecule has 6 heteroatoms. The Hall–Kier alpha value is -2.73. The Morgan fingerprint density at radius 2 is 1.62 bits per heavy atom. The number of ketones is 1. The van der Waals surface area contributed by atoms with Gasteiger partial charge in [-0.2, -0.15) is 0 Å². The quantitative estimate of drug-likeness (QED) is 0.248. The minimum absolute atomic E-state index is 0.0317. The number of hydrogen-bond acceptors (Lipinski definition) is 5. The Labute approximate surface area is 287 Å². The number of fused-ring (bicyclic) bond motifs is 7. The maximum Gasteiger partial charge on any atom is 0.226 e. The number of aromatic nitrogens is 1. The van der Waals surface area contributed by atoms with Gasteiger partial charge < -0.3 is 14.9 Å². The predicted molar refractivity (Wildman–Crippen MR) is 189 cm³/mol. The van der Waals surface area contributed by atoms with E-state index in [1.54, 1.807) is 24.6 Å². The fourth-order valence-electron chi connectivity index (χ4n) is 12.3. The van der Waals surface area contributed by atoms with Gasteiger partial charge in [0.2, 0.25) is 5.91 Å². The normalized spacial score (nSPS) is 41.6. The van der Waals surface area contributed by atoms with Gasteiger partial charge in [-0.05, 0) is 116 Å². The first-order chi connectivity index (χ1) is 22.5. The van der Waals surface area contributed by atoms with Crippen LogP contribution in [-0.2, 0) is 11.3 Å². The fourth-order valence-corrected chi connectivity index (χ4v) is 12.3. The van der Waals surface area contributed by atoms with Crippen LogP contribution in [0.2, 0.25) is 0 Å². The Kier molecular flexibility index (Phi) is 7.83. The van der Waals surface area contributed by atoms with Crippen LogP contribution in [0.3, 0.4) is 0 Å². The van der Waals surface area contributed by atoms with Crippen molar-refractivity contribution in [1.29, 1.82) is 0 Å². The molecule has 1 heterocycles. The number of aliphatic hydroxyl groups excluding tert-OH is 1. The van der Waals surface area contributed by atoms with E-state index in [2.05, 4.69) is 65.0 Å². The molecule has 5 aliphatic rings. The number of nitrogens with zero attached hydrogens (tertiary/aromatic N) is 1. The lowest BCUT2D eigenvalue weighted by atomic mass is 9.33. The molecule has 1 unspecified atom stereocenters. The molecule has 2 aromatic rings. The van der Waals surface area contributed by atoms with Crippen LogP contribution in [0.15, 0.2) is 46.5 Å². The van der Waals surface area contributed by atoms with Crippen LogP contribution >= 0.6 is 0 Å². The average molecular weight is 655 g/mol. The van der Waals surface area contributed by atoms with Crippen molar-refractivity contribution in [2.75, 3.05) is 0 Å². The predicted octanol–water partition coefficient (Wildman–Crippen LogP) is 9.32. The molecule has 6 nitrogen and oxygen atoms in total. The van der Waals surface area contributed by atoms with Crippen molar-refractivity contribution < 1.29 is 19.2 Å². The highest BCUT2D eigenvalue weighted by molar-refractivity contribution is 5.94. The summed E-state index contributed by atoms with van der Waals surface area (Å²) < 4.78 is 5.62. The molecule has 48 heavy (non-hydrogen) atoms. The van der Waals surface area contributed by atoms with E-state index >= 15 is 0 Å². The Morgan fingerprint density at radius 3 is 2.33 bits per heavy atom. The second kappa shape index (κ2) is 11.1. The summed E-state index contributed by atoms with van der Waals surface area (Å²) in [7, 11) is 0. The number of benzene rings is 1. The van der Waals surface area contributed by atoms with Crippen LogP contribution in [0.1, 0.15) is 136 Å². The number of allylic oxidation sites excluding steroid dienone is 2. The summed E-state index contributed by atoms with van der Waals surface area (Å²) in [6, 6.07) is 9.24. The number of aliphatic hydroxyl groups is 1. The van der Waals surface area contributed by atoms with E-state index in [4.69, 9.17) is 4.52 Å². The first-order valence-corrected chi connectivity index (χ1v) is 18.7. The Bertz CT molecular complexity index is 1640. The highest BCUT2D eigenvalue weighted by Gasteiger charge is 2.68. The number of Topliss-reactive ketones (excluding diaryl/α,β-unsaturated/α-hetero) is 1. The van der Waals surface area contributed by atoms with Crippen LogP contribution in [0.4, 0.5) is 0 Å². The maximum atomic E-state index is 14.0. The number of amides is 1. The molecule has 9 atom stereocenters. The molecule has 1 aromatic heterocycles. The van der Waals surface area contributed by atoms with Crippen molar-refractivity contribution in [1.82, 2.24) is 10.5 Å². The van der Waals surface area contributed by atoms with Crippen molar-refractivity contribution in [2.45, 2.75) is 132 Å². The molecule has 0 aliphatic heterocycles. The highest BCUT2D eigenvalue weighted by atomic mass is 16.5. The van der Waals surface area contributed by atoms with Crippen molar-refractivity contribution >= 4 is 11.7 Å². The van der Waals surface area contributed by atoms with Gasteiger partial charge in [0.05, 0.1) is 12.6 Å². The van der Waals surface area contributed by atoms with E-state index in [1.807, 2.05) is 18.2 Å². The highest BCUT2D eigenvalue weighted by Crippen LogP contribution is 2.75. The van der Waals surface area contributed by atoms with Crippen LogP contribution < -0.4 is 5.32 Å². The molecule has 4 fully saturated rings. The Morgan fingerprint density at radius 1 is 0.917 bits per heavy atom. The molecule has 1 amide bonds. The smallest absolute Gasteiger partial charge is 0.226 e. The number of hydrogen-bond donors (Lipinski definition) is 2. The first-order valence-electron chi connectivity index (χ1n) is 18.7. The molecule has 2 N–H and O–H groups in total. The van der Waals surface area contributed by atoms with Crippen molar-refractivity contribution in [2.24, 2.45) is 50.2 Å². The zero-order chi connectivity index (χ0) is 34.5. The van der Waals surface area contributed by atoms with Gasteiger partial charge in [-0.1, -0.05) is 89.5 Å². The second-order valence-electron chi connectivity index (χ2n) is 18.6. The lowest BCUT2D eigenvalue weighted by molar-refractivity contribution is -0.203. The minimum atomic E-state index is -0.445. The van der Waals surface area contributed by atoms with Crippen LogP contribution in [0.25, 0.3) is 11.3 Å². The van der Waals surface area contributed by atoms with Crippen LogP contribution in [0, 0.1) is 50.2 Å². The second-order valence-corrected chi connectivity index (χ2v) is 18.6. The zero-order valence-corrected chi connectivity index (χ0v) is 30.7. The van der Waals surface area contributed by atoms with E-state index in [-0.39, 0.29) is 44.9 Å². The van der Waals surface area contributed by atoms with Crippen LogP contribution in [0.5, 0.6) is 0 Å². The number of rotatable bonds is 5. The number of nitrogens with one attached hydrogen (secondary N) is 1. The van der Waals surface area contributed by atoms with Gasteiger partial charge in [0.25, 0.3) is 0 Å². The summed E-state index contributed by atoms with van der Waals surface area (Å²) in [4.78, 5) is 25.7. The third-order valence-electron chi connectivity index (χ3n) is 15.9. The number of carbonyl (C=O) groups is 2. The van der Waals surface area contributed by atoms with Gasteiger partial charge in [0.1, 0.15) is 5.69 Å². The van der Waals surface area contributed by atoms with E-state index in [0.29, 0.717) is 41.3 Å². The van der Waals surface area contributed by atoms with Crippen molar-refractivity contribution in [3.63, 3.8) is 0 Å². The third kappa shape index (κ3) is 4.85. The SMILES string of the molecule is CC(=O)c1ccc(-c2cc(CNC(=O)[C@@]3(C)CC[C@]4(C)CC[C@]5(C)C(=CC[C@@H]6[C@@]7(C)CC[C@H](O)C(C)(C)C7CC[C@]65C)[C@H]4C3)on2)cc1. The topological polar surface area (TPSA) is 92.4 Å². The van der Waals surface area contributed by atoms with E-state index in [9.17, 15) is 14.7 Å². The summed E-state index contributed by atoms with van der Waals surface area (Å²) in [5.41, 5.74) is 4.21. The van der Waals surface area contributed by atoms with Crippen molar-refractivity contribution in [3.8, 4) is 11.3 Å². The van der Waals surface area contributed by atoms with Crippen molar-refractivity contribution in [3.05, 3.63) is 53.3 Å². The molecular weight excluding hydrogens is 596 g/mol. The largest absolute Gasteiger partial charge is 0.393 e. The lowest BCUT2D eigenvalue weighted by Gasteiger charge is -2.71. The fraction of sp³-hybridized carbons (Fsp3) is 0.690. The molecular formula is C42H58N2O4. The Balaban J connectivity index is 1.10. The standard InChI is InChI=1S/C42H58N2O4/c1-26(45)27-9-11-28(12-10-27)32-23-29(48-44-32)25-43-36(47)39(5)20-19-38(4)21-22-41(7)30(31(38)24-39)13-14-34-40(6)17-16-35(46)37(2,3)33(40)15-18-42(34,41)8/h9-13,23,31,33-35,46H,14-22,24-25H2,1-8H3,(H,43,47)/t31-,33?,34-,35+,38-,39+,40+,41-,42-/m1/s1. The van der Waals surface area contributed by atoms with E-state index < -0.39 is 5.41 Å². The molecule has 0 spiro atoms. The van der Waals surface area contributed by atoms with Crippen LogP contribution in [-0.4, -0.2) is 28.1 Å². The summed E-state index contributed by atoms with van der Waals surface area (Å²) in [5, 5.41) is 18.5. The molecule has 4 saturated carbocycles. The molecule has 0 radical (unpaired) electrons. The zero-order valence-electron chi connectivity index (χ0n) is 30.7. The summed E-state index contributed by atoms with van der Waals surface area (Å²) in [6.07, 6.45) is 13.4. The molecule has 5 aliphatic carbocycles. The van der Waals surface area contributed by atoms with E-state index in [1.165, 1.54) is 25.7 Å². The van der Waals surface area contributed by atoms with Gasteiger partial charge >= 0.3 is 0 Å². The first kappa shape index (κ1) is 33.8. The molecule has 0 bridgehead atoms. The van der Waals surface area contributed by atoms with Gasteiger partial charge in [0.15, 0.2) is 11.5 Å². The average Bonchev–Trinajstić information content (AvgIpc) is 3.52.